The third kappa shape index (κ3) is 4.54. The third-order valence-electron chi connectivity index (χ3n) is 8.63. The molecular weight excluding hydrogens is 566 g/mol. The molecule has 2 unspecified atom stereocenters. The number of methoxy groups -OCH3 is 2. The minimum Gasteiger partial charge on any atom is -0.504 e. The lowest BCUT2D eigenvalue weighted by molar-refractivity contribution is -0.138. The molecule has 13 heteroatoms. The lowest BCUT2D eigenvalue weighted by Gasteiger charge is -2.58. The fraction of sp³-hybridized carbons (Fsp3) is 0.517. The molecule has 3 aliphatic heterocycles. The topological polar surface area (TPSA) is 184 Å². The number of carboxylic acid groups (broad SMARTS) is 1. The van der Waals surface area contributed by atoms with Crippen molar-refractivity contribution in [3.8, 4) is 28.7 Å². The molecule has 0 amide bonds. The van der Waals surface area contributed by atoms with Crippen LogP contribution < -0.4 is 25.3 Å². The van der Waals surface area contributed by atoms with Gasteiger partial charge >= 0.3 is 11.9 Å². The Hall–Kier alpha value is -3.23. The predicted octanol–water partition coefficient (Wildman–Crippen LogP) is 2.18. The second-order valence-electron chi connectivity index (χ2n) is 11.1. The lowest BCUT2D eigenvalue weighted by Crippen LogP contribution is -2.68. The zero-order valence-electron chi connectivity index (χ0n) is 24.3. The smallest absolute Gasteiger partial charge is 0.321 e. The molecule has 228 valence electrons. The molecule has 0 radical (unpaired) electrons. The Labute approximate surface area is 247 Å². The second kappa shape index (κ2) is 11.1. The van der Waals surface area contributed by atoms with Crippen molar-refractivity contribution in [1.29, 1.82) is 0 Å². The number of benzene rings is 2. The van der Waals surface area contributed by atoms with Gasteiger partial charge in [-0.3, -0.25) is 14.5 Å². The van der Waals surface area contributed by atoms with Gasteiger partial charge in [0.25, 0.3) is 0 Å². The van der Waals surface area contributed by atoms with E-state index in [1.807, 2.05) is 24.8 Å². The van der Waals surface area contributed by atoms with E-state index in [-0.39, 0.29) is 28.8 Å². The minimum atomic E-state index is -1.21. The number of esters is 1. The van der Waals surface area contributed by atoms with Gasteiger partial charge in [0.1, 0.15) is 18.0 Å². The van der Waals surface area contributed by atoms with Crippen molar-refractivity contribution in [2.24, 2.45) is 5.73 Å². The number of carbonyl (C=O) groups is 2. The number of nitrogens with zero attached hydrogens (tertiary/aromatic N) is 1. The van der Waals surface area contributed by atoms with Crippen molar-refractivity contribution in [2.75, 3.05) is 20.0 Å². The molecule has 42 heavy (non-hydrogen) atoms. The number of ether oxygens (including phenoxy) is 3. The first-order chi connectivity index (χ1) is 19.8. The molecule has 2 aromatic carbocycles. The molecule has 2 bridgehead atoms. The number of fused-ring (bicyclic) bond motifs is 7. The number of aliphatic hydroxyl groups excluding tert-OH is 1. The number of carbonyl (C=O) groups excluding carboxylic acids is 1. The maximum absolute atomic E-state index is 12.4. The standard InChI is InChI=1S/C29H37N3O9S/c1-10-7-14-8-16-28(36)32-12(3)17-19(25(41-13(4)33)11(2)26(40-6)22(17)34)27(42-9-15(30)29(37)38)21(32)20(31-16)18(14)23(35)24(10)39-5/h7,12,15-16,20-21,27-28,31,34-36H,8-9,30H2,1-6H3,(H,37,38)/t12-,15-,16+,20?,21+,27?,28-/m0/s1. The van der Waals surface area contributed by atoms with Crippen molar-refractivity contribution >= 4 is 23.7 Å². The fourth-order valence-electron chi connectivity index (χ4n) is 6.95. The van der Waals surface area contributed by atoms with Gasteiger partial charge < -0.3 is 45.7 Å². The highest BCUT2D eigenvalue weighted by molar-refractivity contribution is 7.99. The van der Waals surface area contributed by atoms with E-state index in [0.29, 0.717) is 34.4 Å². The van der Waals surface area contributed by atoms with Gasteiger partial charge in [-0.25, -0.2) is 0 Å². The normalized spacial score (nSPS) is 26.9. The van der Waals surface area contributed by atoms with Crippen molar-refractivity contribution in [2.45, 2.75) is 75.8 Å². The molecule has 5 rings (SSSR count). The molecular formula is C29H37N3O9S. The van der Waals surface area contributed by atoms with E-state index in [1.54, 1.807) is 6.92 Å². The summed E-state index contributed by atoms with van der Waals surface area (Å²) in [5, 5.41) is 47.2. The van der Waals surface area contributed by atoms with Crippen LogP contribution in [0.2, 0.25) is 0 Å². The van der Waals surface area contributed by atoms with Crippen LogP contribution >= 0.6 is 11.8 Å². The summed E-state index contributed by atoms with van der Waals surface area (Å²) in [6.07, 6.45) is -0.593. The summed E-state index contributed by atoms with van der Waals surface area (Å²) in [7, 11) is 2.89. The number of aromatic hydroxyl groups is 2. The number of aryl methyl sites for hydroxylation is 1. The number of piperazine rings is 1. The van der Waals surface area contributed by atoms with Crippen molar-refractivity contribution in [3.05, 3.63) is 39.4 Å². The van der Waals surface area contributed by atoms with Gasteiger partial charge in [0, 0.05) is 47.0 Å². The van der Waals surface area contributed by atoms with Crippen LogP contribution in [-0.2, 0) is 16.0 Å². The number of aliphatic hydroxyl groups is 1. The van der Waals surface area contributed by atoms with Gasteiger partial charge in [-0.1, -0.05) is 6.07 Å². The van der Waals surface area contributed by atoms with Crippen molar-refractivity contribution < 1.29 is 44.2 Å². The number of rotatable bonds is 7. The van der Waals surface area contributed by atoms with E-state index in [2.05, 4.69) is 5.32 Å². The number of phenols is 2. The molecule has 3 heterocycles. The monoisotopic (exact) mass is 603 g/mol. The first kappa shape index (κ1) is 30.2. The van der Waals surface area contributed by atoms with Crippen LogP contribution in [0.25, 0.3) is 0 Å². The van der Waals surface area contributed by atoms with E-state index in [9.17, 15) is 30.0 Å². The number of carboxylic acids is 1. The summed E-state index contributed by atoms with van der Waals surface area (Å²) in [5.74, 6) is -1.29. The average molecular weight is 604 g/mol. The molecule has 3 aliphatic rings. The molecule has 1 fully saturated rings. The largest absolute Gasteiger partial charge is 0.504 e. The first-order valence-electron chi connectivity index (χ1n) is 13.7. The summed E-state index contributed by atoms with van der Waals surface area (Å²) in [4.78, 5) is 25.9. The summed E-state index contributed by atoms with van der Waals surface area (Å²) in [6, 6.07) is -1.43. The van der Waals surface area contributed by atoms with E-state index < -0.39 is 53.6 Å². The summed E-state index contributed by atoms with van der Waals surface area (Å²) < 4.78 is 16.8. The Kier molecular flexibility index (Phi) is 8.00. The molecule has 1 saturated heterocycles. The van der Waals surface area contributed by atoms with Crippen molar-refractivity contribution in [3.63, 3.8) is 0 Å². The van der Waals surface area contributed by atoms with Gasteiger partial charge in [0.2, 0.25) is 0 Å². The van der Waals surface area contributed by atoms with Crippen LogP contribution in [0.3, 0.4) is 0 Å². The van der Waals surface area contributed by atoms with E-state index in [4.69, 9.17) is 19.9 Å². The Morgan fingerprint density at radius 2 is 1.76 bits per heavy atom. The molecule has 0 saturated carbocycles. The zero-order chi connectivity index (χ0) is 30.8. The second-order valence-corrected chi connectivity index (χ2v) is 12.3. The van der Waals surface area contributed by atoms with Crippen LogP contribution in [0.5, 0.6) is 28.7 Å². The number of phenolic OH excluding ortho intramolecular Hbond substituents is 2. The highest BCUT2D eigenvalue weighted by Gasteiger charge is 2.56. The summed E-state index contributed by atoms with van der Waals surface area (Å²) in [5.41, 5.74) is 9.45. The van der Waals surface area contributed by atoms with Gasteiger partial charge in [-0.2, -0.15) is 0 Å². The SMILES string of the molecule is COc1c(C)cc2c(c1O)C1N[C@H](C2)[C@H](O)N2[C@H]1C(SC[C@H](N)C(=O)O)c1c(OC(C)=O)c(C)c(OC)c(O)c1[C@@H]2C. The number of nitrogens with two attached hydrogens (primary N) is 1. The number of hydrogen-bond donors (Lipinski definition) is 6. The molecule has 2 aromatic rings. The summed E-state index contributed by atoms with van der Waals surface area (Å²) in [6.45, 7) is 6.61. The maximum Gasteiger partial charge on any atom is 0.321 e. The van der Waals surface area contributed by atoms with Gasteiger partial charge in [0.05, 0.1) is 31.6 Å². The summed E-state index contributed by atoms with van der Waals surface area (Å²) >= 11 is 1.22. The molecule has 7 atom stereocenters. The highest BCUT2D eigenvalue weighted by Crippen LogP contribution is 2.61. The van der Waals surface area contributed by atoms with Gasteiger partial charge in [-0.15, -0.1) is 11.8 Å². The number of hydrogen-bond acceptors (Lipinski definition) is 12. The Morgan fingerprint density at radius 1 is 1.12 bits per heavy atom. The Morgan fingerprint density at radius 3 is 2.36 bits per heavy atom. The van der Waals surface area contributed by atoms with Crippen LogP contribution in [0.1, 0.15) is 64.6 Å². The molecule has 0 aromatic heterocycles. The van der Waals surface area contributed by atoms with Crippen molar-refractivity contribution in [1.82, 2.24) is 10.2 Å². The number of aliphatic carboxylic acids is 1. The van der Waals surface area contributed by atoms with Crippen LogP contribution in [0.4, 0.5) is 0 Å². The van der Waals surface area contributed by atoms with Gasteiger partial charge in [0.15, 0.2) is 23.0 Å². The highest BCUT2D eigenvalue weighted by atomic mass is 32.2. The van der Waals surface area contributed by atoms with E-state index >= 15 is 0 Å². The zero-order valence-corrected chi connectivity index (χ0v) is 25.1. The molecule has 12 nitrogen and oxygen atoms in total. The molecule has 0 spiro atoms. The minimum absolute atomic E-state index is 0.0156. The molecule has 7 N–H and O–H groups in total. The number of thioether (sulfide) groups is 1. The van der Waals surface area contributed by atoms with Crippen LogP contribution in [0.15, 0.2) is 6.07 Å². The Bertz CT molecular complexity index is 1450. The van der Waals surface area contributed by atoms with Crippen LogP contribution in [0, 0.1) is 13.8 Å². The predicted molar refractivity (Wildman–Crippen MR) is 154 cm³/mol. The third-order valence-corrected chi connectivity index (χ3v) is 10.1. The van der Waals surface area contributed by atoms with E-state index in [0.717, 1.165) is 11.1 Å². The van der Waals surface area contributed by atoms with Gasteiger partial charge in [-0.05, 0) is 38.3 Å². The molecule has 0 aliphatic carbocycles. The average Bonchev–Trinajstić information content (AvgIpc) is 2.92. The maximum atomic E-state index is 12.4. The first-order valence-corrected chi connectivity index (χ1v) is 14.7. The van der Waals surface area contributed by atoms with Crippen LogP contribution in [-0.4, -0.2) is 81.6 Å². The fourth-order valence-corrected chi connectivity index (χ4v) is 8.40. The quantitative estimate of drug-likeness (QED) is 0.200. The Balaban J connectivity index is 1.81. The number of nitrogens with one attached hydrogen (secondary N) is 1. The van der Waals surface area contributed by atoms with E-state index in [1.165, 1.54) is 32.9 Å². The lowest BCUT2D eigenvalue weighted by atomic mass is 9.74.